The van der Waals surface area contributed by atoms with E-state index in [1.807, 2.05) is 0 Å². The maximum atomic E-state index is 11.3. The van der Waals surface area contributed by atoms with Crippen molar-refractivity contribution in [3.8, 4) is 0 Å². The van der Waals surface area contributed by atoms with Crippen molar-refractivity contribution in [1.29, 1.82) is 0 Å². The molecular formula is C16H31N3O2S. The SMILES string of the molecule is CC1CCN(C[C@H]2CN3CC[C@H]2C[C@@H]3CNS(C)(=O)=O)CC1. The summed E-state index contributed by atoms with van der Waals surface area (Å²) in [5, 5.41) is 0. The van der Waals surface area contributed by atoms with Crippen molar-refractivity contribution in [3.63, 3.8) is 0 Å². The minimum atomic E-state index is -3.07. The van der Waals surface area contributed by atoms with Crippen LogP contribution in [0.5, 0.6) is 0 Å². The lowest BCUT2D eigenvalue weighted by Gasteiger charge is -2.51. The van der Waals surface area contributed by atoms with Gasteiger partial charge in [-0.25, -0.2) is 13.1 Å². The highest BCUT2D eigenvalue weighted by atomic mass is 32.2. The van der Waals surface area contributed by atoms with Crippen molar-refractivity contribution in [1.82, 2.24) is 14.5 Å². The second-order valence-electron chi connectivity index (χ2n) is 7.80. The van der Waals surface area contributed by atoms with E-state index in [1.54, 1.807) is 0 Å². The molecule has 1 N–H and O–H groups in total. The predicted octanol–water partition coefficient (Wildman–Crippen LogP) is 0.978. The van der Waals surface area contributed by atoms with Gasteiger partial charge in [0.25, 0.3) is 0 Å². The van der Waals surface area contributed by atoms with Gasteiger partial charge in [0.2, 0.25) is 10.0 Å². The molecule has 4 saturated heterocycles. The first-order chi connectivity index (χ1) is 10.4. The summed E-state index contributed by atoms with van der Waals surface area (Å²) in [6.07, 6.45) is 6.41. The Morgan fingerprint density at radius 1 is 1.14 bits per heavy atom. The van der Waals surface area contributed by atoms with Crippen molar-refractivity contribution in [3.05, 3.63) is 0 Å². The summed E-state index contributed by atoms with van der Waals surface area (Å²) in [6.45, 7) is 9.04. The van der Waals surface area contributed by atoms with Gasteiger partial charge in [-0.2, -0.15) is 0 Å². The molecule has 5 nitrogen and oxygen atoms in total. The Balaban J connectivity index is 1.50. The van der Waals surface area contributed by atoms with E-state index in [9.17, 15) is 8.42 Å². The minimum absolute atomic E-state index is 0.408. The van der Waals surface area contributed by atoms with Gasteiger partial charge in [0.05, 0.1) is 6.26 Å². The molecule has 0 aromatic carbocycles. The van der Waals surface area contributed by atoms with Gasteiger partial charge in [-0.15, -0.1) is 0 Å². The third-order valence-electron chi connectivity index (χ3n) is 5.96. The van der Waals surface area contributed by atoms with Crippen LogP contribution in [0.1, 0.15) is 32.6 Å². The zero-order valence-corrected chi connectivity index (χ0v) is 14.8. The van der Waals surface area contributed by atoms with Crippen LogP contribution in [0.2, 0.25) is 0 Å². The van der Waals surface area contributed by atoms with Gasteiger partial charge in [0, 0.05) is 25.7 Å². The number of likely N-dealkylation sites (tertiary alicyclic amines) is 1. The molecule has 2 bridgehead atoms. The molecule has 4 aliphatic rings. The number of hydrogen-bond donors (Lipinski definition) is 1. The van der Waals surface area contributed by atoms with Crippen molar-refractivity contribution in [2.45, 2.75) is 38.6 Å². The molecule has 0 saturated carbocycles. The maximum absolute atomic E-state index is 11.3. The highest BCUT2D eigenvalue weighted by Gasteiger charge is 2.40. The monoisotopic (exact) mass is 329 g/mol. The molecule has 0 radical (unpaired) electrons. The van der Waals surface area contributed by atoms with Crippen LogP contribution < -0.4 is 4.72 Å². The topological polar surface area (TPSA) is 52.6 Å². The van der Waals surface area contributed by atoms with Crippen molar-refractivity contribution in [2.24, 2.45) is 17.8 Å². The average Bonchev–Trinajstić information content (AvgIpc) is 2.48. The van der Waals surface area contributed by atoms with E-state index in [1.165, 1.54) is 45.2 Å². The van der Waals surface area contributed by atoms with Crippen molar-refractivity contribution in [2.75, 3.05) is 45.5 Å². The lowest BCUT2D eigenvalue weighted by Crippen LogP contribution is -2.58. The molecule has 0 aromatic heterocycles. The standard InChI is InChI=1S/C16H31N3O2S/c1-13-3-6-18(7-4-13)11-15-12-19-8-5-14(15)9-16(19)10-17-22(2,20)21/h13-17H,3-12H2,1-2H3/t14-,15-,16+/m0/s1. The molecule has 4 atom stereocenters. The molecule has 4 aliphatic heterocycles. The number of nitrogens with one attached hydrogen (secondary N) is 1. The lowest BCUT2D eigenvalue weighted by molar-refractivity contribution is -0.0136. The molecule has 4 heterocycles. The van der Waals surface area contributed by atoms with Crippen LogP contribution >= 0.6 is 0 Å². The Kier molecular flexibility index (Phi) is 5.12. The van der Waals surface area contributed by atoms with Gasteiger partial charge in [0.15, 0.2) is 0 Å². The molecule has 0 amide bonds. The van der Waals surface area contributed by atoms with E-state index in [0.717, 1.165) is 37.3 Å². The van der Waals surface area contributed by atoms with Gasteiger partial charge >= 0.3 is 0 Å². The molecule has 128 valence electrons. The summed E-state index contributed by atoms with van der Waals surface area (Å²) in [5.74, 6) is 2.47. The van der Waals surface area contributed by atoms with Crippen molar-refractivity contribution < 1.29 is 8.42 Å². The van der Waals surface area contributed by atoms with Crippen LogP contribution in [0.15, 0.2) is 0 Å². The Hall–Kier alpha value is -0.170. The number of rotatable bonds is 5. The van der Waals surface area contributed by atoms with Crippen LogP contribution in [0.3, 0.4) is 0 Å². The zero-order valence-electron chi connectivity index (χ0n) is 14.0. The Labute approximate surface area is 135 Å². The number of sulfonamides is 1. The van der Waals surface area contributed by atoms with Crippen LogP contribution in [-0.2, 0) is 10.0 Å². The van der Waals surface area contributed by atoms with Crippen LogP contribution in [0.4, 0.5) is 0 Å². The zero-order chi connectivity index (χ0) is 15.7. The van der Waals surface area contributed by atoms with E-state index in [-0.39, 0.29) is 0 Å². The second kappa shape index (κ2) is 6.75. The van der Waals surface area contributed by atoms with Gasteiger partial charge < -0.3 is 4.90 Å². The molecular weight excluding hydrogens is 298 g/mol. The average molecular weight is 330 g/mol. The van der Waals surface area contributed by atoms with E-state index in [0.29, 0.717) is 12.6 Å². The first-order valence-corrected chi connectivity index (χ1v) is 10.7. The Morgan fingerprint density at radius 3 is 2.45 bits per heavy atom. The molecule has 4 fully saturated rings. The normalized spacial score (nSPS) is 37.5. The summed E-state index contributed by atoms with van der Waals surface area (Å²) in [5.41, 5.74) is 0. The van der Waals surface area contributed by atoms with Crippen molar-refractivity contribution >= 4 is 10.0 Å². The van der Waals surface area contributed by atoms with E-state index >= 15 is 0 Å². The fourth-order valence-electron chi connectivity index (χ4n) is 4.49. The van der Waals surface area contributed by atoms with Gasteiger partial charge in [-0.1, -0.05) is 6.92 Å². The highest BCUT2D eigenvalue weighted by Crippen LogP contribution is 2.37. The predicted molar refractivity (Wildman–Crippen MR) is 89.3 cm³/mol. The molecule has 0 aliphatic carbocycles. The summed E-state index contributed by atoms with van der Waals surface area (Å²) in [6, 6.07) is 0.408. The van der Waals surface area contributed by atoms with Gasteiger partial charge in [-0.05, 0) is 63.1 Å². The van der Waals surface area contributed by atoms with Crippen LogP contribution in [-0.4, -0.2) is 69.8 Å². The third kappa shape index (κ3) is 4.22. The molecule has 4 rings (SSSR count). The van der Waals surface area contributed by atoms with E-state index in [4.69, 9.17) is 0 Å². The molecule has 22 heavy (non-hydrogen) atoms. The summed E-state index contributed by atoms with van der Waals surface area (Å²) in [7, 11) is -3.07. The molecule has 0 aromatic rings. The largest absolute Gasteiger partial charge is 0.303 e. The van der Waals surface area contributed by atoms with Gasteiger partial charge in [0.1, 0.15) is 0 Å². The Morgan fingerprint density at radius 2 is 1.86 bits per heavy atom. The quantitative estimate of drug-likeness (QED) is 0.817. The first kappa shape index (κ1) is 16.7. The smallest absolute Gasteiger partial charge is 0.208 e. The number of nitrogens with zero attached hydrogens (tertiary/aromatic N) is 2. The molecule has 6 heteroatoms. The van der Waals surface area contributed by atoms with E-state index in [2.05, 4.69) is 21.4 Å². The number of fused-ring (bicyclic) bond motifs is 3. The minimum Gasteiger partial charge on any atom is -0.303 e. The number of piperidine rings is 4. The first-order valence-electron chi connectivity index (χ1n) is 8.82. The number of hydrogen-bond acceptors (Lipinski definition) is 4. The Bertz CT molecular complexity index is 474. The molecule has 0 spiro atoms. The third-order valence-corrected chi connectivity index (χ3v) is 6.66. The molecule has 1 unspecified atom stereocenters. The van der Waals surface area contributed by atoms with Crippen LogP contribution in [0.25, 0.3) is 0 Å². The maximum Gasteiger partial charge on any atom is 0.208 e. The summed E-state index contributed by atoms with van der Waals surface area (Å²) >= 11 is 0. The van der Waals surface area contributed by atoms with E-state index < -0.39 is 10.0 Å². The second-order valence-corrected chi connectivity index (χ2v) is 9.63. The summed E-state index contributed by atoms with van der Waals surface area (Å²) in [4.78, 5) is 5.19. The highest BCUT2D eigenvalue weighted by molar-refractivity contribution is 7.88. The summed E-state index contributed by atoms with van der Waals surface area (Å²) < 4.78 is 25.3. The fraction of sp³-hybridized carbons (Fsp3) is 1.00. The lowest BCUT2D eigenvalue weighted by atomic mass is 9.75. The van der Waals surface area contributed by atoms with Crippen LogP contribution in [0, 0.1) is 17.8 Å². The van der Waals surface area contributed by atoms with Gasteiger partial charge in [-0.3, -0.25) is 4.90 Å². The fourth-order valence-corrected chi connectivity index (χ4v) is 4.99.